The first kappa shape index (κ1) is 20.4. The molecule has 30 heavy (non-hydrogen) atoms. The molecule has 4 aromatic rings. The summed E-state index contributed by atoms with van der Waals surface area (Å²) in [5.41, 5.74) is 4.42. The first-order chi connectivity index (χ1) is 14.5. The molecule has 1 aromatic heterocycles. The molecule has 0 aliphatic heterocycles. The van der Waals surface area contributed by atoms with Gasteiger partial charge in [-0.1, -0.05) is 70.5 Å². The van der Waals surface area contributed by atoms with Crippen LogP contribution in [-0.2, 0) is 6.54 Å². The Bertz CT molecular complexity index is 1200. The molecule has 0 spiro atoms. The fourth-order valence-electron chi connectivity index (χ4n) is 3.47. The Labute approximate surface area is 184 Å². The van der Waals surface area contributed by atoms with Gasteiger partial charge in [-0.25, -0.2) is 4.98 Å². The molecule has 4 nitrogen and oxygen atoms in total. The fourth-order valence-corrected chi connectivity index (χ4v) is 4.72. The molecule has 1 heterocycles. The molecule has 0 aliphatic carbocycles. The first-order valence-corrected chi connectivity index (χ1v) is 10.7. The van der Waals surface area contributed by atoms with Crippen molar-refractivity contribution in [3.8, 4) is 5.75 Å². The van der Waals surface area contributed by atoms with Crippen LogP contribution in [0.3, 0.4) is 0 Å². The number of amides is 1. The van der Waals surface area contributed by atoms with Gasteiger partial charge < -0.3 is 4.74 Å². The third-order valence-electron chi connectivity index (χ3n) is 4.80. The minimum Gasteiger partial charge on any atom is -0.494 e. The number of carbonyl (C=O) groups is 1. The van der Waals surface area contributed by atoms with Crippen LogP contribution in [0, 0.1) is 13.8 Å². The number of aromatic nitrogens is 1. The topological polar surface area (TPSA) is 42.4 Å². The van der Waals surface area contributed by atoms with E-state index in [9.17, 15) is 4.79 Å². The van der Waals surface area contributed by atoms with Crippen LogP contribution in [0.4, 0.5) is 5.13 Å². The number of aryl methyl sites for hydroxylation is 2. The van der Waals surface area contributed by atoms with Crippen LogP contribution in [0.25, 0.3) is 10.2 Å². The van der Waals surface area contributed by atoms with Crippen LogP contribution in [0.5, 0.6) is 5.75 Å². The number of ether oxygens (including phenoxy) is 1. The third kappa shape index (κ3) is 4.04. The van der Waals surface area contributed by atoms with Crippen LogP contribution in [0.15, 0.2) is 60.7 Å². The maximum absolute atomic E-state index is 13.6. The normalized spacial score (nSPS) is 10.9. The Morgan fingerprint density at radius 2 is 1.77 bits per heavy atom. The summed E-state index contributed by atoms with van der Waals surface area (Å²) in [4.78, 5) is 20.1. The highest BCUT2D eigenvalue weighted by Gasteiger charge is 2.24. The molecule has 0 fully saturated rings. The van der Waals surface area contributed by atoms with Gasteiger partial charge in [0.2, 0.25) is 0 Å². The molecule has 0 radical (unpaired) electrons. The van der Waals surface area contributed by atoms with Crippen LogP contribution >= 0.6 is 22.9 Å². The van der Waals surface area contributed by atoms with Crippen molar-refractivity contribution in [2.75, 3.05) is 12.0 Å². The second-order valence-corrected chi connectivity index (χ2v) is 8.56. The second kappa shape index (κ2) is 8.46. The summed E-state index contributed by atoms with van der Waals surface area (Å²) < 4.78 is 6.26. The van der Waals surface area contributed by atoms with E-state index in [2.05, 4.69) is 6.07 Å². The quantitative estimate of drug-likeness (QED) is 0.362. The number of anilines is 1. The monoisotopic (exact) mass is 436 g/mol. The van der Waals surface area contributed by atoms with E-state index in [-0.39, 0.29) is 5.91 Å². The zero-order chi connectivity index (χ0) is 21.3. The van der Waals surface area contributed by atoms with Gasteiger partial charge in [0.1, 0.15) is 11.3 Å². The zero-order valence-electron chi connectivity index (χ0n) is 17.0. The van der Waals surface area contributed by atoms with E-state index in [0.29, 0.717) is 33.5 Å². The predicted octanol–water partition coefficient (Wildman–Crippen LogP) is 6.42. The standard InChI is InChI=1S/C24H21ClN2O2S/c1-15-11-16(2)13-18(12-15)23(28)27(14-17-7-5-4-6-8-17)24-26-21-20(29-3)10-9-19(25)22(21)30-24/h4-13H,14H2,1-3H3. The molecule has 152 valence electrons. The van der Waals surface area contributed by atoms with Gasteiger partial charge in [0.15, 0.2) is 5.13 Å². The molecule has 0 aliphatic rings. The number of nitrogens with zero attached hydrogens (tertiary/aromatic N) is 2. The number of hydrogen-bond acceptors (Lipinski definition) is 4. The van der Waals surface area contributed by atoms with E-state index < -0.39 is 0 Å². The van der Waals surface area contributed by atoms with Gasteiger partial charge in [0.25, 0.3) is 5.91 Å². The molecule has 4 rings (SSSR count). The Hall–Kier alpha value is -2.89. The van der Waals surface area contributed by atoms with Crippen molar-refractivity contribution < 1.29 is 9.53 Å². The molecular weight excluding hydrogens is 416 g/mol. The fraction of sp³-hybridized carbons (Fsp3) is 0.167. The Morgan fingerprint density at radius 3 is 2.43 bits per heavy atom. The average Bonchev–Trinajstić information content (AvgIpc) is 3.18. The van der Waals surface area contributed by atoms with Gasteiger partial charge in [-0.2, -0.15) is 0 Å². The van der Waals surface area contributed by atoms with Gasteiger partial charge in [-0.15, -0.1) is 0 Å². The smallest absolute Gasteiger partial charge is 0.260 e. The van der Waals surface area contributed by atoms with Crippen molar-refractivity contribution in [2.24, 2.45) is 0 Å². The largest absolute Gasteiger partial charge is 0.494 e. The molecule has 0 saturated heterocycles. The van der Waals surface area contributed by atoms with Crippen molar-refractivity contribution in [3.05, 3.63) is 87.9 Å². The Balaban J connectivity index is 1.84. The number of methoxy groups -OCH3 is 1. The minimum atomic E-state index is -0.0974. The number of halogens is 1. The SMILES string of the molecule is COc1ccc(Cl)c2sc(N(Cc3ccccc3)C(=O)c3cc(C)cc(C)c3)nc12. The van der Waals surface area contributed by atoms with E-state index in [1.54, 1.807) is 24.1 Å². The van der Waals surface area contributed by atoms with Crippen molar-refractivity contribution >= 4 is 44.2 Å². The lowest BCUT2D eigenvalue weighted by Gasteiger charge is -2.20. The molecule has 1 amide bonds. The number of carbonyl (C=O) groups excluding carboxylic acids is 1. The summed E-state index contributed by atoms with van der Waals surface area (Å²) in [6.07, 6.45) is 0. The lowest BCUT2D eigenvalue weighted by atomic mass is 10.1. The lowest BCUT2D eigenvalue weighted by molar-refractivity contribution is 0.0985. The highest BCUT2D eigenvalue weighted by atomic mass is 35.5. The molecular formula is C24H21ClN2O2S. The van der Waals surface area contributed by atoms with E-state index in [4.69, 9.17) is 21.3 Å². The maximum atomic E-state index is 13.6. The maximum Gasteiger partial charge on any atom is 0.260 e. The third-order valence-corrected chi connectivity index (χ3v) is 6.33. The van der Waals surface area contributed by atoms with Gasteiger partial charge in [-0.05, 0) is 43.7 Å². The minimum absolute atomic E-state index is 0.0974. The second-order valence-electron chi connectivity index (χ2n) is 7.18. The van der Waals surface area contributed by atoms with E-state index in [0.717, 1.165) is 21.4 Å². The number of benzene rings is 3. The van der Waals surface area contributed by atoms with Crippen LogP contribution in [0.2, 0.25) is 5.02 Å². The molecule has 6 heteroatoms. The van der Waals surface area contributed by atoms with Gasteiger partial charge in [0, 0.05) is 5.56 Å². The van der Waals surface area contributed by atoms with Gasteiger partial charge in [-0.3, -0.25) is 9.69 Å². The number of fused-ring (bicyclic) bond motifs is 1. The van der Waals surface area contributed by atoms with E-state index >= 15 is 0 Å². The summed E-state index contributed by atoms with van der Waals surface area (Å²) >= 11 is 7.81. The van der Waals surface area contributed by atoms with Crippen molar-refractivity contribution in [2.45, 2.75) is 20.4 Å². The number of thiazole rings is 1. The first-order valence-electron chi connectivity index (χ1n) is 9.53. The Kier molecular flexibility index (Phi) is 5.75. The molecule has 0 atom stereocenters. The lowest BCUT2D eigenvalue weighted by Crippen LogP contribution is -2.30. The number of rotatable bonds is 5. The van der Waals surface area contributed by atoms with Crippen molar-refractivity contribution in [1.29, 1.82) is 0 Å². The molecule has 0 saturated carbocycles. The number of hydrogen-bond donors (Lipinski definition) is 0. The summed E-state index contributed by atoms with van der Waals surface area (Å²) in [6.45, 7) is 4.40. The van der Waals surface area contributed by atoms with Crippen molar-refractivity contribution in [3.63, 3.8) is 0 Å². The molecule has 0 unspecified atom stereocenters. The van der Waals surface area contributed by atoms with Crippen molar-refractivity contribution in [1.82, 2.24) is 4.98 Å². The van der Waals surface area contributed by atoms with E-state index in [1.165, 1.54) is 11.3 Å². The Morgan fingerprint density at radius 1 is 1.07 bits per heavy atom. The molecule has 0 N–H and O–H groups in total. The molecule has 0 bridgehead atoms. The van der Waals surface area contributed by atoms with Crippen LogP contribution in [-0.4, -0.2) is 18.0 Å². The summed E-state index contributed by atoms with van der Waals surface area (Å²) in [7, 11) is 1.60. The zero-order valence-corrected chi connectivity index (χ0v) is 18.6. The summed E-state index contributed by atoms with van der Waals surface area (Å²) in [6, 6.07) is 19.4. The van der Waals surface area contributed by atoms with E-state index in [1.807, 2.05) is 56.3 Å². The van der Waals surface area contributed by atoms with Gasteiger partial charge >= 0.3 is 0 Å². The highest BCUT2D eigenvalue weighted by Crippen LogP contribution is 2.39. The van der Waals surface area contributed by atoms with Crippen LogP contribution < -0.4 is 9.64 Å². The van der Waals surface area contributed by atoms with Crippen LogP contribution in [0.1, 0.15) is 27.0 Å². The predicted molar refractivity (Wildman–Crippen MR) is 124 cm³/mol. The van der Waals surface area contributed by atoms with Gasteiger partial charge in [0.05, 0.1) is 23.4 Å². The molecule has 3 aromatic carbocycles. The highest BCUT2D eigenvalue weighted by molar-refractivity contribution is 7.23. The summed E-state index contributed by atoms with van der Waals surface area (Å²) in [5.74, 6) is 0.537. The summed E-state index contributed by atoms with van der Waals surface area (Å²) in [5, 5.41) is 1.18. The average molecular weight is 437 g/mol.